The fourth-order valence-electron chi connectivity index (χ4n) is 2.51. The Morgan fingerprint density at radius 1 is 1.32 bits per heavy atom. The lowest BCUT2D eigenvalue weighted by atomic mass is 9.89. The third-order valence-corrected chi connectivity index (χ3v) is 7.93. The van der Waals surface area contributed by atoms with Crippen LogP contribution in [0.25, 0.3) is 0 Å². The summed E-state index contributed by atoms with van der Waals surface area (Å²) in [6, 6.07) is 0. The van der Waals surface area contributed by atoms with Gasteiger partial charge in [-0.05, 0) is 52.1 Å². The molecule has 1 aliphatic rings. The van der Waals surface area contributed by atoms with E-state index < -0.39 is 19.7 Å². The summed E-state index contributed by atoms with van der Waals surface area (Å²) in [7, 11) is -4.14. The first-order chi connectivity index (χ1) is 8.68. The fourth-order valence-corrected chi connectivity index (χ4v) is 5.54. The second-order valence-corrected chi connectivity index (χ2v) is 10.6. The van der Waals surface area contributed by atoms with Crippen LogP contribution in [-0.4, -0.2) is 52.9 Å². The molecule has 1 heterocycles. The maximum atomic E-state index is 11.8. The minimum Gasteiger partial charge on any atom is -0.319 e. The summed E-state index contributed by atoms with van der Waals surface area (Å²) in [6.45, 7) is 4.04. The normalized spacial score (nSPS) is 24.7. The zero-order valence-corrected chi connectivity index (χ0v) is 13.6. The monoisotopic (exact) mass is 311 g/mol. The minimum atomic E-state index is -3.05. The molecular weight excluding hydrogens is 286 g/mol. The average molecular weight is 311 g/mol. The van der Waals surface area contributed by atoms with Crippen LogP contribution < -0.4 is 5.32 Å². The molecule has 0 amide bonds. The van der Waals surface area contributed by atoms with Crippen molar-refractivity contribution >= 4 is 19.7 Å². The van der Waals surface area contributed by atoms with Crippen molar-refractivity contribution in [2.45, 2.75) is 31.9 Å². The standard InChI is InChI=1S/C12H25NO4S2/c1-10(2)19(16,17)7-5-11(8-13-3)12-4-6-18(14,15)9-12/h10-13H,4-9H2,1-3H3. The predicted octanol–water partition coefficient (Wildman–Crippen LogP) is 0.470. The first-order valence-corrected chi connectivity index (χ1v) is 10.3. The maximum Gasteiger partial charge on any atom is 0.152 e. The van der Waals surface area contributed by atoms with Crippen molar-refractivity contribution in [1.82, 2.24) is 5.32 Å². The van der Waals surface area contributed by atoms with E-state index >= 15 is 0 Å². The number of rotatable bonds is 7. The molecule has 0 spiro atoms. The van der Waals surface area contributed by atoms with E-state index in [9.17, 15) is 16.8 Å². The lowest BCUT2D eigenvalue weighted by Crippen LogP contribution is -2.30. The maximum absolute atomic E-state index is 11.8. The fraction of sp³-hybridized carbons (Fsp3) is 1.00. The molecule has 0 aromatic rings. The van der Waals surface area contributed by atoms with Gasteiger partial charge in [-0.25, -0.2) is 16.8 Å². The highest BCUT2D eigenvalue weighted by Gasteiger charge is 2.34. The van der Waals surface area contributed by atoms with E-state index in [2.05, 4.69) is 5.32 Å². The molecule has 19 heavy (non-hydrogen) atoms. The Morgan fingerprint density at radius 2 is 1.95 bits per heavy atom. The van der Waals surface area contributed by atoms with E-state index in [0.29, 0.717) is 19.4 Å². The molecule has 0 bridgehead atoms. The molecule has 0 aromatic heterocycles. The molecule has 2 atom stereocenters. The van der Waals surface area contributed by atoms with Crippen LogP contribution in [0, 0.1) is 11.8 Å². The van der Waals surface area contributed by atoms with Gasteiger partial charge in [-0.3, -0.25) is 0 Å². The summed E-state index contributed by atoms with van der Waals surface area (Å²) >= 11 is 0. The molecule has 0 radical (unpaired) electrons. The number of hydrogen-bond donors (Lipinski definition) is 1. The van der Waals surface area contributed by atoms with Gasteiger partial charge in [0.1, 0.15) is 0 Å². The zero-order valence-electron chi connectivity index (χ0n) is 11.9. The quantitative estimate of drug-likeness (QED) is 0.739. The Bertz CT molecular complexity index is 482. The van der Waals surface area contributed by atoms with Crippen LogP contribution in [-0.2, 0) is 19.7 Å². The first-order valence-electron chi connectivity index (χ1n) is 6.74. The molecule has 2 unspecified atom stereocenters. The molecule has 1 aliphatic heterocycles. The first kappa shape index (κ1) is 16.9. The van der Waals surface area contributed by atoms with Crippen molar-refractivity contribution in [3.05, 3.63) is 0 Å². The van der Waals surface area contributed by atoms with Gasteiger partial charge in [-0.15, -0.1) is 0 Å². The van der Waals surface area contributed by atoms with E-state index in [1.165, 1.54) is 0 Å². The summed E-state index contributed by atoms with van der Waals surface area (Å²) in [5.41, 5.74) is 0. The van der Waals surface area contributed by atoms with Crippen molar-refractivity contribution in [3.63, 3.8) is 0 Å². The van der Waals surface area contributed by atoms with Gasteiger partial charge in [-0.1, -0.05) is 0 Å². The Kier molecular flexibility index (Phi) is 5.82. The van der Waals surface area contributed by atoms with Crippen molar-refractivity contribution in [2.24, 2.45) is 11.8 Å². The van der Waals surface area contributed by atoms with Crippen LogP contribution >= 0.6 is 0 Å². The van der Waals surface area contributed by atoms with Crippen molar-refractivity contribution in [1.29, 1.82) is 0 Å². The number of nitrogens with one attached hydrogen (secondary N) is 1. The van der Waals surface area contributed by atoms with Crippen molar-refractivity contribution < 1.29 is 16.8 Å². The highest BCUT2D eigenvalue weighted by Crippen LogP contribution is 2.28. The van der Waals surface area contributed by atoms with E-state index in [4.69, 9.17) is 0 Å². The van der Waals surface area contributed by atoms with E-state index in [-0.39, 0.29) is 34.3 Å². The van der Waals surface area contributed by atoms with E-state index in [1.54, 1.807) is 13.8 Å². The minimum absolute atomic E-state index is 0.0970. The summed E-state index contributed by atoms with van der Waals surface area (Å²) in [5.74, 6) is 0.819. The molecule has 1 N–H and O–H groups in total. The van der Waals surface area contributed by atoms with Gasteiger partial charge in [0.15, 0.2) is 19.7 Å². The smallest absolute Gasteiger partial charge is 0.152 e. The van der Waals surface area contributed by atoms with Crippen molar-refractivity contribution in [3.8, 4) is 0 Å². The number of sulfone groups is 2. The van der Waals surface area contributed by atoms with Crippen LogP contribution in [0.1, 0.15) is 26.7 Å². The molecule has 5 nitrogen and oxygen atoms in total. The van der Waals surface area contributed by atoms with E-state index in [1.807, 2.05) is 7.05 Å². The van der Waals surface area contributed by atoms with Crippen LogP contribution in [0.4, 0.5) is 0 Å². The van der Waals surface area contributed by atoms with Gasteiger partial charge < -0.3 is 5.32 Å². The van der Waals surface area contributed by atoms with Gasteiger partial charge >= 0.3 is 0 Å². The summed E-state index contributed by atoms with van der Waals surface area (Å²) in [4.78, 5) is 0. The molecular formula is C12H25NO4S2. The highest BCUT2D eigenvalue weighted by atomic mass is 32.2. The number of hydrogen-bond acceptors (Lipinski definition) is 5. The second kappa shape index (κ2) is 6.54. The van der Waals surface area contributed by atoms with Crippen LogP contribution in [0.15, 0.2) is 0 Å². The highest BCUT2D eigenvalue weighted by molar-refractivity contribution is 7.92. The van der Waals surface area contributed by atoms with Gasteiger partial charge in [0.05, 0.1) is 22.5 Å². The molecule has 114 valence electrons. The third-order valence-electron chi connectivity index (χ3n) is 3.89. The van der Waals surface area contributed by atoms with Crippen LogP contribution in [0.2, 0.25) is 0 Å². The molecule has 0 saturated carbocycles. The van der Waals surface area contributed by atoms with Crippen molar-refractivity contribution in [2.75, 3.05) is 30.9 Å². The van der Waals surface area contributed by atoms with Gasteiger partial charge in [0.25, 0.3) is 0 Å². The lowest BCUT2D eigenvalue weighted by molar-refractivity contribution is 0.344. The molecule has 1 fully saturated rings. The second-order valence-electron chi connectivity index (χ2n) is 5.69. The van der Waals surface area contributed by atoms with E-state index in [0.717, 1.165) is 0 Å². The SMILES string of the molecule is CNCC(CCS(=O)(=O)C(C)C)C1CCS(=O)(=O)C1. The topological polar surface area (TPSA) is 80.3 Å². The molecule has 0 aliphatic carbocycles. The molecule has 1 saturated heterocycles. The Morgan fingerprint density at radius 3 is 2.37 bits per heavy atom. The Hall–Kier alpha value is -0.140. The largest absolute Gasteiger partial charge is 0.319 e. The molecule has 7 heteroatoms. The predicted molar refractivity (Wildman–Crippen MR) is 77.7 cm³/mol. The molecule has 1 rings (SSSR count). The van der Waals surface area contributed by atoms with Gasteiger partial charge in [0, 0.05) is 0 Å². The third kappa shape index (κ3) is 5.04. The average Bonchev–Trinajstić information content (AvgIpc) is 2.64. The van der Waals surface area contributed by atoms with Crippen LogP contribution in [0.5, 0.6) is 0 Å². The Labute approximate surface area is 117 Å². The summed E-state index contributed by atoms with van der Waals surface area (Å²) < 4.78 is 46.7. The zero-order chi connectivity index (χ0) is 14.7. The summed E-state index contributed by atoms with van der Waals surface area (Å²) in [6.07, 6.45) is 1.21. The van der Waals surface area contributed by atoms with Crippen LogP contribution in [0.3, 0.4) is 0 Å². The van der Waals surface area contributed by atoms with Gasteiger partial charge in [0.2, 0.25) is 0 Å². The Balaban J connectivity index is 2.64. The summed E-state index contributed by atoms with van der Waals surface area (Å²) in [5, 5.41) is 2.68. The lowest BCUT2D eigenvalue weighted by Gasteiger charge is -2.22. The van der Waals surface area contributed by atoms with Gasteiger partial charge in [-0.2, -0.15) is 0 Å². The molecule has 0 aromatic carbocycles.